The molecule has 0 aliphatic heterocycles. The third-order valence-corrected chi connectivity index (χ3v) is 8.96. The summed E-state index contributed by atoms with van der Waals surface area (Å²) in [6.07, 6.45) is 0. The van der Waals surface area contributed by atoms with Crippen molar-refractivity contribution in [3.8, 4) is 11.1 Å². The average Bonchev–Trinajstić information content (AvgIpc) is 2.36. The van der Waals surface area contributed by atoms with Crippen LogP contribution in [-0.2, 0) is 0 Å². The Balaban J connectivity index is 2.75. The van der Waals surface area contributed by atoms with E-state index in [0.29, 0.717) is 0 Å². The van der Waals surface area contributed by atoms with Crippen LogP contribution < -0.4 is 0 Å². The van der Waals surface area contributed by atoms with Crippen LogP contribution in [0.25, 0.3) is 11.1 Å². The van der Waals surface area contributed by atoms with Gasteiger partial charge in [-0.05, 0) is 97.3 Å². The Morgan fingerprint density at radius 3 is 1.33 bits per heavy atom. The van der Waals surface area contributed by atoms with Crippen molar-refractivity contribution in [1.82, 2.24) is 0 Å². The summed E-state index contributed by atoms with van der Waals surface area (Å²) in [4.78, 5) is 0. The van der Waals surface area contributed by atoms with Crippen molar-refractivity contribution >= 4 is 95.6 Å². The SMILES string of the molecule is Brc1ccc(-c2c(Br)c(Br)c(Br)c(Br)c2Br)cc1. The molecule has 2 aromatic carbocycles. The molecule has 0 amide bonds. The van der Waals surface area contributed by atoms with Crippen LogP contribution in [-0.4, -0.2) is 0 Å². The van der Waals surface area contributed by atoms with Crippen molar-refractivity contribution in [3.63, 3.8) is 0 Å². The van der Waals surface area contributed by atoms with Crippen molar-refractivity contribution in [1.29, 1.82) is 0 Å². The first kappa shape index (κ1) is 15.7. The summed E-state index contributed by atoms with van der Waals surface area (Å²) in [6, 6.07) is 8.19. The molecule has 0 saturated heterocycles. The monoisotopic (exact) mass is 622 g/mol. The van der Waals surface area contributed by atoms with Gasteiger partial charge in [-0.2, -0.15) is 0 Å². The summed E-state index contributed by atoms with van der Waals surface area (Å²) < 4.78 is 6.01. The minimum Gasteiger partial charge on any atom is -0.0532 e. The van der Waals surface area contributed by atoms with Gasteiger partial charge in [0.05, 0.1) is 0 Å². The van der Waals surface area contributed by atoms with E-state index < -0.39 is 0 Å². The van der Waals surface area contributed by atoms with Crippen molar-refractivity contribution in [2.75, 3.05) is 0 Å². The molecular formula is C12H4Br6. The minimum absolute atomic E-state index is 0.974. The van der Waals surface area contributed by atoms with Crippen LogP contribution in [0.2, 0.25) is 0 Å². The molecule has 0 unspecified atom stereocenters. The lowest BCUT2D eigenvalue weighted by Gasteiger charge is -2.14. The maximum atomic E-state index is 3.63. The zero-order chi connectivity index (χ0) is 13.4. The molecule has 0 saturated carbocycles. The third-order valence-electron chi connectivity index (χ3n) is 2.34. The number of hydrogen-bond acceptors (Lipinski definition) is 0. The van der Waals surface area contributed by atoms with Gasteiger partial charge in [-0.1, -0.05) is 28.1 Å². The van der Waals surface area contributed by atoms with Crippen LogP contribution in [0.1, 0.15) is 0 Å². The molecule has 0 aromatic heterocycles. The second-order valence-electron chi connectivity index (χ2n) is 3.45. The van der Waals surface area contributed by atoms with Crippen molar-refractivity contribution in [2.24, 2.45) is 0 Å². The van der Waals surface area contributed by atoms with Gasteiger partial charge >= 0.3 is 0 Å². The van der Waals surface area contributed by atoms with Crippen molar-refractivity contribution < 1.29 is 0 Å². The lowest BCUT2D eigenvalue weighted by atomic mass is 10.1. The van der Waals surface area contributed by atoms with E-state index in [2.05, 4.69) is 108 Å². The van der Waals surface area contributed by atoms with E-state index in [9.17, 15) is 0 Å². The summed E-state index contributed by atoms with van der Waals surface area (Å²) >= 11 is 21.4. The molecule has 0 radical (unpaired) electrons. The molecule has 94 valence electrons. The molecule has 6 heteroatoms. The number of hydrogen-bond donors (Lipinski definition) is 0. The first-order valence-corrected chi connectivity index (χ1v) is 9.46. The van der Waals surface area contributed by atoms with Gasteiger partial charge < -0.3 is 0 Å². The van der Waals surface area contributed by atoms with Gasteiger partial charge in [-0.3, -0.25) is 0 Å². The Kier molecular flexibility index (Phi) is 5.58. The van der Waals surface area contributed by atoms with Crippen molar-refractivity contribution in [2.45, 2.75) is 0 Å². The average molecular weight is 628 g/mol. The predicted molar refractivity (Wildman–Crippen MR) is 98.1 cm³/mol. The van der Waals surface area contributed by atoms with E-state index >= 15 is 0 Å². The highest BCUT2D eigenvalue weighted by atomic mass is 79.9. The van der Waals surface area contributed by atoms with Gasteiger partial charge in [0.2, 0.25) is 0 Å². The number of benzene rings is 2. The van der Waals surface area contributed by atoms with E-state index in [-0.39, 0.29) is 0 Å². The largest absolute Gasteiger partial charge is 0.0532 e. The molecule has 0 heterocycles. The Morgan fingerprint density at radius 1 is 0.500 bits per heavy atom. The predicted octanol–water partition coefficient (Wildman–Crippen LogP) is 7.93. The van der Waals surface area contributed by atoms with Crippen LogP contribution in [0.15, 0.2) is 51.1 Å². The van der Waals surface area contributed by atoms with Crippen molar-refractivity contribution in [3.05, 3.63) is 51.1 Å². The fourth-order valence-electron chi connectivity index (χ4n) is 1.47. The summed E-state index contributed by atoms with van der Waals surface area (Å²) in [6.45, 7) is 0. The Bertz CT molecular complexity index is 574. The maximum absolute atomic E-state index is 3.63. The van der Waals surface area contributed by atoms with E-state index in [1.807, 2.05) is 12.1 Å². The summed E-state index contributed by atoms with van der Waals surface area (Å²) in [7, 11) is 0. The van der Waals surface area contributed by atoms with Gasteiger partial charge in [-0.25, -0.2) is 0 Å². The molecule has 0 aliphatic carbocycles. The Hall–Kier alpha value is 1.32. The van der Waals surface area contributed by atoms with Crippen LogP contribution in [0.5, 0.6) is 0 Å². The summed E-state index contributed by atoms with van der Waals surface area (Å²) in [5.74, 6) is 0. The zero-order valence-corrected chi connectivity index (χ0v) is 18.1. The second kappa shape index (κ2) is 6.39. The molecule has 0 atom stereocenters. The standard InChI is InChI=1S/C12H4Br6/c13-6-3-1-5(2-4-6)7-8(14)10(16)12(18)11(17)9(7)15/h1-4H. The molecule has 2 aromatic rings. The smallest absolute Gasteiger partial charge is 0.0482 e. The minimum atomic E-state index is 0.974. The lowest BCUT2D eigenvalue weighted by molar-refractivity contribution is 1.44. The van der Waals surface area contributed by atoms with Crippen LogP contribution in [0, 0.1) is 0 Å². The van der Waals surface area contributed by atoms with Gasteiger partial charge in [0, 0.05) is 32.4 Å². The molecule has 0 spiro atoms. The van der Waals surface area contributed by atoms with E-state index in [0.717, 1.165) is 38.0 Å². The maximum Gasteiger partial charge on any atom is 0.0482 e. The van der Waals surface area contributed by atoms with E-state index in [4.69, 9.17) is 0 Å². The molecule has 0 aliphatic rings. The van der Waals surface area contributed by atoms with Crippen LogP contribution >= 0.6 is 95.6 Å². The fraction of sp³-hybridized carbons (Fsp3) is 0. The van der Waals surface area contributed by atoms with Gasteiger partial charge in [0.25, 0.3) is 0 Å². The normalized spacial score (nSPS) is 10.8. The van der Waals surface area contributed by atoms with Gasteiger partial charge in [-0.15, -0.1) is 0 Å². The quantitative estimate of drug-likeness (QED) is 0.223. The Morgan fingerprint density at radius 2 is 0.889 bits per heavy atom. The van der Waals surface area contributed by atoms with Gasteiger partial charge in [0.1, 0.15) is 0 Å². The molecule has 0 bridgehead atoms. The molecule has 0 nitrogen and oxygen atoms in total. The van der Waals surface area contributed by atoms with Crippen LogP contribution in [0.4, 0.5) is 0 Å². The number of halogens is 6. The highest BCUT2D eigenvalue weighted by Gasteiger charge is 2.18. The molecule has 0 fully saturated rings. The van der Waals surface area contributed by atoms with Gasteiger partial charge in [0.15, 0.2) is 0 Å². The lowest BCUT2D eigenvalue weighted by Crippen LogP contribution is -1.87. The zero-order valence-electron chi connectivity index (χ0n) is 8.58. The van der Waals surface area contributed by atoms with E-state index in [1.165, 1.54) is 0 Å². The fourth-order valence-corrected chi connectivity index (χ4v) is 5.24. The first-order chi connectivity index (χ1) is 8.43. The third kappa shape index (κ3) is 2.98. The topological polar surface area (TPSA) is 0 Å². The number of rotatable bonds is 1. The Labute approximate surface area is 156 Å². The highest BCUT2D eigenvalue weighted by molar-refractivity contribution is 9.15. The van der Waals surface area contributed by atoms with E-state index in [1.54, 1.807) is 0 Å². The summed E-state index contributed by atoms with van der Waals surface area (Å²) in [5.41, 5.74) is 2.23. The molecule has 0 N–H and O–H groups in total. The first-order valence-electron chi connectivity index (χ1n) is 4.71. The highest BCUT2D eigenvalue weighted by Crippen LogP contribution is 2.48. The molecule has 18 heavy (non-hydrogen) atoms. The molecule has 2 rings (SSSR count). The second-order valence-corrected chi connectivity index (χ2v) is 8.33. The molecular weight excluding hydrogens is 624 g/mol. The summed E-state index contributed by atoms with van der Waals surface area (Å²) in [5, 5.41) is 0. The van der Waals surface area contributed by atoms with Crippen LogP contribution in [0.3, 0.4) is 0 Å².